The second-order valence-corrected chi connectivity index (χ2v) is 6.01. The van der Waals surface area contributed by atoms with E-state index >= 15 is 0 Å². The van der Waals surface area contributed by atoms with Crippen LogP contribution < -0.4 is 10.2 Å². The van der Waals surface area contributed by atoms with Gasteiger partial charge in [0, 0.05) is 32.2 Å². The van der Waals surface area contributed by atoms with E-state index in [2.05, 4.69) is 29.0 Å². The molecule has 1 fully saturated rings. The lowest BCUT2D eigenvalue weighted by Gasteiger charge is -2.36. The Balaban J connectivity index is 1.78. The van der Waals surface area contributed by atoms with E-state index in [9.17, 15) is 9.90 Å². The van der Waals surface area contributed by atoms with Crippen LogP contribution >= 0.6 is 0 Å². The van der Waals surface area contributed by atoms with E-state index in [0.717, 1.165) is 44.7 Å². The van der Waals surface area contributed by atoms with E-state index in [4.69, 9.17) is 0 Å². The van der Waals surface area contributed by atoms with Crippen LogP contribution in [0.3, 0.4) is 0 Å². The van der Waals surface area contributed by atoms with Crippen LogP contribution in [0.25, 0.3) is 0 Å². The van der Waals surface area contributed by atoms with Crippen molar-refractivity contribution in [1.82, 2.24) is 10.2 Å². The van der Waals surface area contributed by atoms with E-state index in [1.165, 1.54) is 0 Å². The molecule has 1 atom stereocenters. The minimum absolute atomic E-state index is 0.108. The van der Waals surface area contributed by atoms with Crippen molar-refractivity contribution in [3.8, 4) is 5.75 Å². The van der Waals surface area contributed by atoms with Crippen LogP contribution in [0.1, 0.15) is 26.7 Å². The molecular weight excluding hydrogens is 278 g/mol. The molecule has 0 aliphatic carbocycles. The molecule has 0 saturated carbocycles. The fourth-order valence-electron chi connectivity index (χ4n) is 2.91. The number of phenols is 1. The maximum Gasteiger partial charge on any atom is 0.234 e. The zero-order chi connectivity index (χ0) is 15.9. The van der Waals surface area contributed by atoms with Gasteiger partial charge >= 0.3 is 0 Å². The molecule has 5 heteroatoms. The van der Waals surface area contributed by atoms with Gasteiger partial charge in [0.25, 0.3) is 0 Å². The Hall–Kier alpha value is -1.75. The van der Waals surface area contributed by atoms with Crippen LogP contribution in [-0.4, -0.2) is 54.7 Å². The van der Waals surface area contributed by atoms with E-state index in [1.54, 1.807) is 6.07 Å². The number of anilines is 1. The number of para-hydroxylation sites is 2. The predicted molar refractivity (Wildman–Crippen MR) is 89.3 cm³/mol. The Morgan fingerprint density at radius 3 is 2.59 bits per heavy atom. The Bertz CT molecular complexity index is 485. The highest BCUT2D eigenvalue weighted by Gasteiger charge is 2.20. The van der Waals surface area contributed by atoms with Crippen molar-refractivity contribution in [2.75, 3.05) is 37.6 Å². The molecule has 1 heterocycles. The van der Waals surface area contributed by atoms with Crippen molar-refractivity contribution < 1.29 is 9.90 Å². The molecule has 1 amide bonds. The first-order valence-electron chi connectivity index (χ1n) is 8.14. The number of nitrogens with zero attached hydrogens (tertiary/aromatic N) is 2. The third-order valence-electron chi connectivity index (χ3n) is 4.09. The fraction of sp³-hybridized carbons (Fsp3) is 0.588. The molecule has 1 aromatic rings. The molecule has 122 valence electrons. The minimum atomic E-state index is 0.108. The summed E-state index contributed by atoms with van der Waals surface area (Å²) >= 11 is 0. The molecule has 1 aliphatic rings. The number of carbonyl (C=O) groups excluding carboxylic acids is 1. The number of benzene rings is 1. The van der Waals surface area contributed by atoms with Gasteiger partial charge in [0.15, 0.2) is 0 Å². The highest BCUT2D eigenvalue weighted by molar-refractivity contribution is 5.78. The topological polar surface area (TPSA) is 55.8 Å². The molecule has 0 aromatic heterocycles. The molecule has 1 unspecified atom stereocenters. The van der Waals surface area contributed by atoms with Crippen molar-refractivity contribution in [3.63, 3.8) is 0 Å². The number of carbonyl (C=O) groups is 1. The number of amides is 1. The first-order chi connectivity index (χ1) is 10.6. The van der Waals surface area contributed by atoms with E-state index < -0.39 is 0 Å². The fourth-order valence-corrected chi connectivity index (χ4v) is 2.91. The summed E-state index contributed by atoms with van der Waals surface area (Å²) in [5.74, 6) is 0.430. The zero-order valence-electron chi connectivity index (χ0n) is 13.6. The standard InChI is InChI=1S/C17H27N3O2/c1-3-6-14(2)18-17(22)13-19-9-11-20(12-10-19)15-7-4-5-8-16(15)21/h4-5,7-8,14,21H,3,6,9-13H2,1-2H3,(H,18,22). The van der Waals surface area contributed by atoms with Crippen LogP contribution in [0.5, 0.6) is 5.75 Å². The highest BCUT2D eigenvalue weighted by Crippen LogP contribution is 2.27. The SMILES string of the molecule is CCCC(C)NC(=O)CN1CCN(c2ccccc2O)CC1. The van der Waals surface area contributed by atoms with Gasteiger partial charge in [-0.15, -0.1) is 0 Å². The quantitative estimate of drug-likeness (QED) is 0.842. The maximum atomic E-state index is 12.0. The lowest BCUT2D eigenvalue weighted by Crippen LogP contribution is -2.50. The van der Waals surface area contributed by atoms with Crippen LogP contribution in [0.2, 0.25) is 0 Å². The van der Waals surface area contributed by atoms with Gasteiger partial charge in [-0.25, -0.2) is 0 Å². The summed E-state index contributed by atoms with van der Waals surface area (Å²) < 4.78 is 0. The molecule has 2 N–H and O–H groups in total. The molecule has 1 aromatic carbocycles. The second-order valence-electron chi connectivity index (χ2n) is 6.01. The smallest absolute Gasteiger partial charge is 0.234 e. The molecule has 0 bridgehead atoms. The number of aromatic hydroxyl groups is 1. The van der Waals surface area contributed by atoms with Crippen LogP contribution in [0.15, 0.2) is 24.3 Å². The van der Waals surface area contributed by atoms with Gasteiger partial charge in [-0.3, -0.25) is 9.69 Å². The van der Waals surface area contributed by atoms with Gasteiger partial charge in [0.05, 0.1) is 12.2 Å². The van der Waals surface area contributed by atoms with Crippen molar-refractivity contribution in [1.29, 1.82) is 0 Å². The van der Waals surface area contributed by atoms with E-state index in [0.29, 0.717) is 12.3 Å². The van der Waals surface area contributed by atoms with Gasteiger partial charge in [0.2, 0.25) is 5.91 Å². The number of hydrogen-bond donors (Lipinski definition) is 2. The summed E-state index contributed by atoms with van der Waals surface area (Å²) in [5.41, 5.74) is 0.878. The van der Waals surface area contributed by atoms with Gasteiger partial charge < -0.3 is 15.3 Å². The summed E-state index contributed by atoms with van der Waals surface area (Å²) in [6.07, 6.45) is 2.10. The third-order valence-corrected chi connectivity index (χ3v) is 4.09. The summed E-state index contributed by atoms with van der Waals surface area (Å²) in [7, 11) is 0. The van der Waals surface area contributed by atoms with Crippen LogP contribution in [0.4, 0.5) is 5.69 Å². The van der Waals surface area contributed by atoms with Gasteiger partial charge in [-0.2, -0.15) is 0 Å². The lowest BCUT2D eigenvalue weighted by atomic mass is 10.2. The maximum absolute atomic E-state index is 12.0. The van der Waals surface area contributed by atoms with Gasteiger partial charge in [-0.1, -0.05) is 25.5 Å². The molecule has 2 rings (SSSR count). The Morgan fingerprint density at radius 2 is 1.95 bits per heavy atom. The Kier molecular flexibility index (Phi) is 6.07. The number of rotatable bonds is 6. The summed E-state index contributed by atoms with van der Waals surface area (Å²) in [6.45, 7) is 7.97. The number of phenolic OH excluding ortho intramolecular Hbond substituents is 1. The summed E-state index contributed by atoms with van der Waals surface area (Å²) in [5, 5.41) is 13.0. The van der Waals surface area contributed by atoms with Crippen molar-refractivity contribution in [2.45, 2.75) is 32.7 Å². The molecule has 1 aliphatic heterocycles. The summed E-state index contributed by atoms with van der Waals surface area (Å²) in [6, 6.07) is 7.66. The predicted octanol–water partition coefficient (Wildman–Crippen LogP) is 1.82. The zero-order valence-corrected chi connectivity index (χ0v) is 13.6. The second kappa shape index (κ2) is 8.03. The lowest BCUT2D eigenvalue weighted by molar-refractivity contribution is -0.123. The van der Waals surface area contributed by atoms with E-state index in [-0.39, 0.29) is 11.9 Å². The van der Waals surface area contributed by atoms with Crippen molar-refractivity contribution in [2.24, 2.45) is 0 Å². The number of nitrogens with one attached hydrogen (secondary N) is 1. The van der Waals surface area contributed by atoms with Gasteiger partial charge in [0.1, 0.15) is 5.75 Å². The van der Waals surface area contributed by atoms with Crippen LogP contribution in [0, 0.1) is 0 Å². The molecule has 22 heavy (non-hydrogen) atoms. The number of piperazine rings is 1. The normalized spacial score (nSPS) is 17.3. The highest BCUT2D eigenvalue weighted by atomic mass is 16.3. The minimum Gasteiger partial charge on any atom is -0.506 e. The van der Waals surface area contributed by atoms with Gasteiger partial charge in [-0.05, 0) is 25.5 Å². The Morgan fingerprint density at radius 1 is 1.27 bits per heavy atom. The number of hydrogen-bond acceptors (Lipinski definition) is 4. The molecule has 5 nitrogen and oxygen atoms in total. The molecular formula is C17H27N3O2. The monoisotopic (exact) mass is 305 g/mol. The average molecular weight is 305 g/mol. The summed E-state index contributed by atoms with van der Waals surface area (Å²) in [4.78, 5) is 16.3. The van der Waals surface area contributed by atoms with Crippen LogP contribution in [-0.2, 0) is 4.79 Å². The van der Waals surface area contributed by atoms with E-state index in [1.807, 2.05) is 18.2 Å². The largest absolute Gasteiger partial charge is 0.506 e. The molecule has 0 radical (unpaired) electrons. The first-order valence-corrected chi connectivity index (χ1v) is 8.14. The molecule has 0 spiro atoms. The third kappa shape index (κ3) is 4.63. The van der Waals surface area contributed by atoms with Crippen molar-refractivity contribution in [3.05, 3.63) is 24.3 Å². The average Bonchev–Trinajstić information content (AvgIpc) is 2.49. The van der Waals surface area contributed by atoms with Crippen molar-refractivity contribution >= 4 is 11.6 Å². The molecule has 1 saturated heterocycles. The first kappa shape index (κ1) is 16.6. The Labute approximate surface area is 132 Å².